The van der Waals surface area contributed by atoms with Crippen LogP contribution in [0, 0.1) is 6.92 Å². The number of nitrogens with zero attached hydrogens (tertiary/aromatic N) is 5. The number of ether oxygens (including phenoxy) is 1. The Bertz CT molecular complexity index is 1250. The Kier molecular flexibility index (Phi) is 7.28. The molecule has 3 heterocycles. The molecule has 10 heteroatoms. The first kappa shape index (κ1) is 24.9. The van der Waals surface area contributed by atoms with E-state index >= 15 is 0 Å². The molecule has 0 N–H and O–H groups in total. The van der Waals surface area contributed by atoms with Crippen LogP contribution in [0.4, 0.5) is 13.2 Å². The van der Waals surface area contributed by atoms with Gasteiger partial charge in [-0.25, -0.2) is 0 Å². The predicted molar refractivity (Wildman–Crippen MR) is 131 cm³/mol. The zero-order chi connectivity index (χ0) is 25.2. The Labute approximate surface area is 203 Å². The summed E-state index contributed by atoms with van der Waals surface area (Å²) in [4.78, 5) is 14.5. The first-order valence-electron chi connectivity index (χ1n) is 11.7. The van der Waals surface area contributed by atoms with Crippen molar-refractivity contribution in [3.05, 3.63) is 54.3 Å². The third kappa shape index (κ3) is 5.74. The van der Waals surface area contributed by atoms with E-state index in [-0.39, 0.29) is 11.5 Å². The summed E-state index contributed by atoms with van der Waals surface area (Å²) in [6.45, 7) is 5.91. The average molecular weight is 483 g/mol. The molecule has 184 valence electrons. The van der Waals surface area contributed by atoms with Gasteiger partial charge in [-0.05, 0) is 0 Å². The van der Waals surface area contributed by atoms with Crippen LogP contribution in [0.25, 0.3) is 22.1 Å². The molecule has 0 aromatic carbocycles. The zero-order valence-corrected chi connectivity index (χ0v) is 20.3. The van der Waals surface area contributed by atoms with Gasteiger partial charge in [0.2, 0.25) is 0 Å². The molecule has 0 spiro atoms. The van der Waals surface area contributed by atoms with E-state index in [4.69, 9.17) is 4.74 Å². The summed E-state index contributed by atoms with van der Waals surface area (Å²) < 4.78 is 50.0. The molecular formula is C25H29BF3N5O. The van der Waals surface area contributed by atoms with Gasteiger partial charge in [0.05, 0.1) is 0 Å². The minimum absolute atomic E-state index is 0.00924. The van der Waals surface area contributed by atoms with Crippen LogP contribution >= 0.6 is 0 Å². The van der Waals surface area contributed by atoms with Gasteiger partial charge in [0.1, 0.15) is 0 Å². The second-order valence-electron chi connectivity index (χ2n) is 9.11. The van der Waals surface area contributed by atoms with Gasteiger partial charge in [0.25, 0.3) is 0 Å². The number of halogens is 3. The van der Waals surface area contributed by atoms with Crippen molar-refractivity contribution in [3.63, 3.8) is 0 Å². The van der Waals surface area contributed by atoms with Crippen LogP contribution in [0.2, 0.25) is 0 Å². The summed E-state index contributed by atoms with van der Waals surface area (Å²) in [6, 6.07) is 3.23. The van der Waals surface area contributed by atoms with E-state index in [9.17, 15) is 13.2 Å². The molecular weight excluding hydrogens is 454 g/mol. The number of fused-ring (bicyclic) bond motifs is 1. The van der Waals surface area contributed by atoms with E-state index in [0.29, 0.717) is 34.9 Å². The van der Waals surface area contributed by atoms with Crippen molar-refractivity contribution >= 4 is 18.0 Å². The van der Waals surface area contributed by atoms with Gasteiger partial charge in [0.15, 0.2) is 0 Å². The fourth-order valence-corrected chi connectivity index (χ4v) is 4.57. The van der Waals surface area contributed by atoms with E-state index < -0.39 is 11.9 Å². The molecule has 3 aromatic heterocycles. The molecule has 1 aliphatic rings. The van der Waals surface area contributed by atoms with Crippen molar-refractivity contribution in [2.45, 2.75) is 57.9 Å². The van der Waals surface area contributed by atoms with E-state index in [0.717, 1.165) is 31.3 Å². The van der Waals surface area contributed by atoms with Crippen LogP contribution in [-0.4, -0.2) is 51.6 Å². The zero-order valence-electron chi connectivity index (χ0n) is 20.3. The number of aryl methyl sites for hydroxylation is 1. The fourth-order valence-electron chi connectivity index (χ4n) is 4.57. The number of alkyl halides is 3. The number of allylic oxidation sites excluding steroid dienone is 2. The standard InChI is InChI=1S/C25H29BF3N5O/c1-5-17(14-33(3)4)15-34-20-11-12-30-24(25(27,28)29)22(20)23(26-34)19-13-21(32-16(2)31-19)35-18-9-7-6-8-10-18/h5,11-14,18H,1,6-10,15H2,2-4H3/b17-14+. The first-order chi connectivity index (χ1) is 16.7. The third-order valence-corrected chi connectivity index (χ3v) is 6.03. The molecule has 0 amide bonds. The van der Waals surface area contributed by atoms with E-state index in [1.165, 1.54) is 12.6 Å². The minimum atomic E-state index is -4.62. The molecule has 6 nitrogen and oxygen atoms in total. The van der Waals surface area contributed by atoms with Gasteiger partial charge in [0, 0.05) is 0 Å². The summed E-state index contributed by atoms with van der Waals surface area (Å²) in [7, 11) is 5.46. The Balaban J connectivity index is 1.86. The normalized spacial score (nSPS) is 15.3. The Morgan fingerprint density at radius 1 is 1.26 bits per heavy atom. The van der Waals surface area contributed by atoms with Gasteiger partial charge >= 0.3 is 203 Å². The SMILES string of the molecule is C=C/C(=C\N(C)C)Cn1bc(-c2cc(OC3CCCCC3)nc(C)n2)c2c(C(F)(F)F)nccc21. The van der Waals surface area contributed by atoms with Crippen LogP contribution in [0.1, 0.15) is 43.6 Å². The second-order valence-corrected chi connectivity index (χ2v) is 9.11. The van der Waals surface area contributed by atoms with Crippen LogP contribution in [0.15, 0.2) is 42.8 Å². The summed E-state index contributed by atoms with van der Waals surface area (Å²) in [6.07, 6.45) is 5.50. The van der Waals surface area contributed by atoms with Crippen molar-refractivity contribution in [1.82, 2.24) is 24.3 Å². The number of hydrogen-bond acceptors (Lipinski definition) is 5. The fraction of sp³-hybridized carbons (Fsp3) is 0.440. The maximum absolute atomic E-state index is 14.0. The predicted octanol–water partition coefficient (Wildman–Crippen LogP) is 5.50. The first-order valence-corrected chi connectivity index (χ1v) is 11.7. The summed E-state index contributed by atoms with van der Waals surface area (Å²) >= 11 is 0. The van der Waals surface area contributed by atoms with Crippen molar-refractivity contribution < 1.29 is 17.9 Å². The molecule has 4 rings (SSSR count). The van der Waals surface area contributed by atoms with Crippen LogP contribution in [-0.2, 0) is 12.7 Å². The summed E-state index contributed by atoms with van der Waals surface area (Å²) in [5.74, 6) is 0.822. The monoisotopic (exact) mass is 483 g/mol. The second kappa shape index (κ2) is 10.2. The topological polar surface area (TPSA) is 56.1 Å². The van der Waals surface area contributed by atoms with Crippen LogP contribution in [0.5, 0.6) is 5.88 Å². The van der Waals surface area contributed by atoms with Crippen molar-refractivity contribution in [2.75, 3.05) is 14.1 Å². The summed E-state index contributed by atoms with van der Waals surface area (Å²) in [5.41, 5.74) is 1.05. The molecule has 1 saturated carbocycles. The van der Waals surface area contributed by atoms with Gasteiger partial charge in [-0.2, -0.15) is 0 Å². The number of pyridine rings is 1. The molecule has 3 aromatic rings. The van der Waals surface area contributed by atoms with Gasteiger partial charge in [-0.15, -0.1) is 0 Å². The van der Waals surface area contributed by atoms with Crippen molar-refractivity contribution in [3.8, 4) is 17.0 Å². The molecule has 0 radical (unpaired) electrons. The van der Waals surface area contributed by atoms with Crippen molar-refractivity contribution in [1.29, 1.82) is 0 Å². The molecule has 0 atom stereocenters. The number of hydrogen-bond donors (Lipinski definition) is 0. The van der Waals surface area contributed by atoms with Crippen LogP contribution < -0.4 is 4.74 Å². The van der Waals surface area contributed by atoms with Crippen molar-refractivity contribution in [2.24, 2.45) is 0 Å². The van der Waals surface area contributed by atoms with E-state index in [1.807, 2.05) is 25.2 Å². The summed E-state index contributed by atoms with van der Waals surface area (Å²) in [5, 5.41) is 0.00924. The molecule has 0 aliphatic heterocycles. The van der Waals surface area contributed by atoms with E-state index in [1.54, 1.807) is 36.7 Å². The molecule has 35 heavy (non-hydrogen) atoms. The Morgan fingerprint density at radius 2 is 2.00 bits per heavy atom. The Hall–Kier alpha value is -3.17. The third-order valence-electron chi connectivity index (χ3n) is 6.03. The maximum atomic E-state index is 14.0. The Morgan fingerprint density at radius 3 is 2.66 bits per heavy atom. The molecule has 0 bridgehead atoms. The van der Waals surface area contributed by atoms with Crippen LogP contribution in [0.3, 0.4) is 0 Å². The van der Waals surface area contributed by atoms with Gasteiger partial charge < -0.3 is 0 Å². The quantitative estimate of drug-likeness (QED) is 0.416. The molecule has 1 aliphatic carbocycles. The van der Waals surface area contributed by atoms with Gasteiger partial charge in [-0.3, -0.25) is 0 Å². The molecule has 0 unspecified atom stereocenters. The molecule has 1 fully saturated rings. The average Bonchev–Trinajstić information content (AvgIpc) is 3.16. The number of rotatable bonds is 7. The van der Waals surface area contributed by atoms with E-state index in [2.05, 4.69) is 21.5 Å². The molecule has 0 saturated heterocycles. The van der Waals surface area contributed by atoms with Gasteiger partial charge in [-0.1, -0.05) is 0 Å². The number of aromatic nitrogens is 4.